The Morgan fingerprint density at radius 3 is 3.00 bits per heavy atom. The van der Waals surface area contributed by atoms with Crippen molar-refractivity contribution in [2.45, 2.75) is 6.42 Å². The first kappa shape index (κ1) is 8.96. The number of anilines is 1. The summed E-state index contributed by atoms with van der Waals surface area (Å²) >= 11 is 5.68. The van der Waals surface area contributed by atoms with E-state index in [2.05, 4.69) is 22.0 Å². The average Bonchev–Trinajstić information content (AvgIpc) is 2.04. The Bertz CT molecular complexity index is 287. The number of halogens is 1. The summed E-state index contributed by atoms with van der Waals surface area (Å²) in [6.07, 6.45) is 2.28. The number of rotatable bonds is 3. The number of aromatic nitrogens is 2. The van der Waals surface area contributed by atoms with Crippen LogP contribution in [-0.4, -0.2) is 9.97 Å². The second kappa shape index (κ2) is 4.04. The van der Waals surface area contributed by atoms with Gasteiger partial charge in [-0.3, -0.25) is 0 Å². The van der Waals surface area contributed by atoms with E-state index in [-0.39, 0.29) is 0 Å². The number of nitrogens with one attached hydrogen (secondary N) is 1. The van der Waals surface area contributed by atoms with Crippen molar-refractivity contribution in [2.75, 3.05) is 5.43 Å². The molecule has 0 aromatic carbocycles. The topological polar surface area (TPSA) is 63.8 Å². The van der Waals surface area contributed by atoms with Gasteiger partial charge in [0.2, 0.25) is 0 Å². The van der Waals surface area contributed by atoms with Crippen LogP contribution in [0, 0.1) is 0 Å². The predicted molar refractivity (Wildman–Crippen MR) is 48.8 cm³/mol. The highest BCUT2D eigenvalue weighted by Crippen LogP contribution is 2.10. The van der Waals surface area contributed by atoms with Crippen LogP contribution in [0.1, 0.15) is 5.82 Å². The van der Waals surface area contributed by atoms with Gasteiger partial charge in [0.1, 0.15) is 16.8 Å². The van der Waals surface area contributed by atoms with Crippen LogP contribution >= 0.6 is 11.6 Å². The molecule has 0 atom stereocenters. The summed E-state index contributed by atoms with van der Waals surface area (Å²) < 4.78 is 0. The molecule has 12 heavy (non-hydrogen) atoms. The molecular formula is C7H9ClN4. The SMILES string of the molecule is C=CCc1nc(Cl)cc(NN)n1. The van der Waals surface area contributed by atoms with E-state index >= 15 is 0 Å². The quantitative estimate of drug-likeness (QED) is 0.320. The van der Waals surface area contributed by atoms with Crippen LogP contribution in [0.5, 0.6) is 0 Å². The van der Waals surface area contributed by atoms with Crippen LogP contribution in [0.4, 0.5) is 5.82 Å². The maximum absolute atomic E-state index is 5.68. The number of hydrogen-bond acceptors (Lipinski definition) is 4. The normalized spacial score (nSPS) is 9.50. The van der Waals surface area contributed by atoms with Gasteiger partial charge in [0, 0.05) is 12.5 Å². The second-order valence-corrected chi connectivity index (χ2v) is 2.52. The first-order chi connectivity index (χ1) is 5.76. The van der Waals surface area contributed by atoms with E-state index in [1.807, 2.05) is 0 Å². The zero-order valence-corrected chi connectivity index (χ0v) is 7.17. The average molecular weight is 185 g/mol. The summed E-state index contributed by atoms with van der Waals surface area (Å²) in [5.74, 6) is 6.27. The summed E-state index contributed by atoms with van der Waals surface area (Å²) in [6.45, 7) is 3.57. The fraction of sp³-hybridized carbons (Fsp3) is 0.143. The third kappa shape index (κ3) is 2.18. The molecule has 0 unspecified atom stereocenters. The largest absolute Gasteiger partial charge is 0.308 e. The molecule has 3 N–H and O–H groups in total. The molecule has 64 valence electrons. The molecule has 5 heteroatoms. The lowest BCUT2D eigenvalue weighted by Gasteiger charge is -2.01. The highest BCUT2D eigenvalue weighted by atomic mass is 35.5. The van der Waals surface area contributed by atoms with Gasteiger partial charge < -0.3 is 5.43 Å². The molecule has 1 aromatic rings. The summed E-state index contributed by atoms with van der Waals surface area (Å²) in [5, 5.41) is 0.370. The highest BCUT2D eigenvalue weighted by molar-refractivity contribution is 6.29. The van der Waals surface area contributed by atoms with Crippen molar-refractivity contribution in [1.29, 1.82) is 0 Å². The Morgan fingerprint density at radius 1 is 1.67 bits per heavy atom. The van der Waals surface area contributed by atoms with Gasteiger partial charge in [-0.25, -0.2) is 15.8 Å². The van der Waals surface area contributed by atoms with Gasteiger partial charge in [-0.05, 0) is 0 Å². The summed E-state index contributed by atoms with van der Waals surface area (Å²) in [4.78, 5) is 8.00. The molecule has 4 nitrogen and oxygen atoms in total. The van der Waals surface area contributed by atoms with E-state index in [0.717, 1.165) is 0 Å². The third-order valence-electron chi connectivity index (χ3n) is 1.22. The molecule has 0 aliphatic rings. The van der Waals surface area contributed by atoms with Crippen molar-refractivity contribution in [1.82, 2.24) is 9.97 Å². The smallest absolute Gasteiger partial charge is 0.145 e. The van der Waals surface area contributed by atoms with Gasteiger partial charge in [0.15, 0.2) is 0 Å². The van der Waals surface area contributed by atoms with Crippen LogP contribution in [0.2, 0.25) is 5.15 Å². The zero-order valence-electron chi connectivity index (χ0n) is 6.42. The van der Waals surface area contributed by atoms with Crippen LogP contribution in [-0.2, 0) is 6.42 Å². The minimum absolute atomic E-state index is 0.370. The molecule has 0 amide bonds. The molecule has 0 aliphatic heterocycles. The van der Waals surface area contributed by atoms with Crippen LogP contribution in [0.15, 0.2) is 18.7 Å². The Morgan fingerprint density at radius 2 is 2.42 bits per heavy atom. The van der Waals surface area contributed by atoms with E-state index < -0.39 is 0 Å². The van der Waals surface area contributed by atoms with E-state index in [9.17, 15) is 0 Å². The van der Waals surface area contributed by atoms with Crippen molar-refractivity contribution < 1.29 is 0 Å². The van der Waals surface area contributed by atoms with Crippen molar-refractivity contribution in [3.8, 4) is 0 Å². The molecule has 0 aliphatic carbocycles. The molecule has 0 spiro atoms. The van der Waals surface area contributed by atoms with Crippen LogP contribution in [0.3, 0.4) is 0 Å². The zero-order chi connectivity index (χ0) is 8.97. The van der Waals surface area contributed by atoms with Crippen molar-refractivity contribution in [3.05, 3.63) is 29.7 Å². The molecule has 0 radical (unpaired) electrons. The number of allylic oxidation sites excluding steroid dienone is 1. The van der Waals surface area contributed by atoms with E-state index in [0.29, 0.717) is 23.2 Å². The van der Waals surface area contributed by atoms with Gasteiger partial charge >= 0.3 is 0 Å². The monoisotopic (exact) mass is 184 g/mol. The standard InChI is InChI=1S/C7H9ClN4/c1-2-3-6-10-5(8)4-7(11-6)12-9/h2,4H,1,3,9H2,(H,10,11,12). The van der Waals surface area contributed by atoms with Gasteiger partial charge in [-0.1, -0.05) is 17.7 Å². The summed E-state index contributed by atoms with van der Waals surface area (Å²) in [6, 6.07) is 1.55. The predicted octanol–water partition coefficient (Wildman–Crippen LogP) is 1.14. The number of hydrogen-bond donors (Lipinski definition) is 2. The first-order valence-electron chi connectivity index (χ1n) is 3.37. The summed E-state index contributed by atoms with van der Waals surface area (Å²) in [5.41, 5.74) is 2.40. The second-order valence-electron chi connectivity index (χ2n) is 2.13. The van der Waals surface area contributed by atoms with Gasteiger partial charge in [-0.2, -0.15) is 0 Å². The van der Waals surface area contributed by atoms with Crippen molar-refractivity contribution in [2.24, 2.45) is 5.84 Å². The number of nitrogens with zero attached hydrogens (tertiary/aromatic N) is 2. The molecule has 0 saturated heterocycles. The maximum Gasteiger partial charge on any atom is 0.145 e. The highest BCUT2D eigenvalue weighted by Gasteiger charge is 1.99. The lowest BCUT2D eigenvalue weighted by Crippen LogP contribution is -2.10. The third-order valence-corrected chi connectivity index (χ3v) is 1.41. The number of nitrogens with two attached hydrogens (primary N) is 1. The van der Waals surface area contributed by atoms with Gasteiger partial charge in [0.25, 0.3) is 0 Å². The maximum atomic E-state index is 5.68. The van der Waals surface area contributed by atoms with E-state index in [1.54, 1.807) is 12.1 Å². The van der Waals surface area contributed by atoms with Crippen LogP contribution in [0.25, 0.3) is 0 Å². The fourth-order valence-corrected chi connectivity index (χ4v) is 0.960. The van der Waals surface area contributed by atoms with E-state index in [4.69, 9.17) is 17.4 Å². The fourth-order valence-electron chi connectivity index (χ4n) is 0.759. The first-order valence-corrected chi connectivity index (χ1v) is 3.75. The molecule has 1 heterocycles. The van der Waals surface area contributed by atoms with Crippen molar-refractivity contribution >= 4 is 17.4 Å². The Hall–Kier alpha value is -1.13. The molecule has 0 fully saturated rings. The number of nitrogen functional groups attached to an aromatic ring is 1. The Labute approximate surface area is 75.4 Å². The minimum Gasteiger partial charge on any atom is -0.308 e. The van der Waals surface area contributed by atoms with E-state index in [1.165, 1.54) is 0 Å². The lowest BCUT2D eigenvalue weighted by molar-refractivity contribution is 0.986. The molecule has 0 saturated carbocycles. The van der Waals surface area contributed by atoms with Crippen molar-refractivity contribution in [3.63, 3.8) is 0 Å². The lowest BCUT2D eigenvalue weighted by atomic mass is 10.4. The molecule has 1 aromatic heterocycles. The summed E-state index contributed by atoms with van der Waals surface area (Å²) in [7, 11) is 0. The molecule has 1 rings (SSSR count). The Kier molecular flexibility index (Phi) is 3.01. The molecular weight excluding hydrogens is 176 g/mol. The minimum atomic E-state index is 0.370. The van der Waals surface area contributed by atoms with Crippen LogP contribution < -0.4 is 11.3 Å². The molecule has 0 bridgehead atoms. The number of hydrazine groups is 1. The van der Waals surface area contributed by atoms with Gasteiger partial charge in [0.05, 0.1) is 0 Å². The Balaban J connectivity index is 2.97. The van der Waals surface area contributed by atoms with Gasteiger partial charge in [-0.15, -0.1) is 6.58 Å².